The van der Waals surface area contributed by atoms with Gasteiger partial charge in [-0.2, -0.15) is 0 Å². The average Bonchev–Trinajstić information content (AvgIpc) is 3.11. The van der Waals surface area contributed by atoms with Crippen molar-refractivity contribution in [3.8, 4) is 16.9 Å². The van der Waals surface area contributed by atoms with Crippen molar-refractivity contribution >= 4 is 11.9 Å². The Hall–Kier alpha value is -3.09. The van der Waals surface area contributed by atoms with Crippen molar-refractivity contribution in [2.24, 2.45) is 0 Å². The molecule has 146 valence electrons. The topological polar surface area (TPSA) is 74.8 Å². The largest absolute Gasteiger partial charge is 0.485 e. The Bertz CT molecular complexity index is 886. The number of nitrogens with zero attached hydrogens (tertiary/aromatic N) is 3. The summed E-state index contributed by atoms with van der Waals surface area (Å²) in [7, 11) is 1.78. The third-order valence-electron chi connectivity index (χ3n) is 5.35. The number of pyridine rings is 1. The Balaban J connectivity index is 1.62. The van der Waals surface area contributed by atoms with E-state index in [1.807, 2.05) is 37.3 Å². The number of carbonyl (C=O) groups is 2. The minimum absolute atomic E-state index is 0.0870. The van der Waals surface area contributed by atoms with Crippen molar-refractivity contribution in [2.45, 2.75) is 25.5 Å². The van der Waals surface area contributed by atoms with E-state index >= 15 is 0 Å². The van der Waals surface area contributed by atoms with E-state index in [-0.39, 0.29) is 24.1 Å². The Morgan fingerprint density at radius 2 is 2.14 bits per heavy atom. The monoisotopic (exact) mass is 380 g/mol. The molecule has 1 aromatic carbocycles. The number of likely N-dealkylation sites (N-methyl/N-ethyl adjacent to an activating group) is 1. The Kier molecular flexibility index (Phi) is 4.90. The van der Waals surface area contributed by atoms with Gasteiger partial charge in [-0.15, -0.1) is 0 Å². The highest BCUT2D eigenvalue weighted by atomic mass is 16.5. The van der Waals surface area contributed by atoms with Crippen LogP contribution in [0.15, 0.2) is 42.7 Å². The number of carbonyl (C=O) groups excluding carboxylic acids is 2. The summed E-state index contributed by atoms with van der Waals surface area (Å²) < 4.78 is 6.26. The maximum Gasteiger partial charge on any atom is 0.317 e. The number of likely N-dealkylation sites (tertiary alicyclic amines) is 1. The van der Waals surface area contributed by atoms with Crippen LogP contribution in [0, 0.1) is 0 Å². The molecule has 2 aliphatic rings. The minimum atomic E-state index is -0.258. The van der Waals surface area contributed by atoms with Gasteiger partial charge in [-0.25, -0.2) is 4.79 Å². The first kappa shape index (κ1) is 18.3. The van der Waals surface area contributed by atoms with Crippen molar-refractivity contribution < 1.29 is 14.3 Å². The van der Waals surface area contributed by atoms with Crippen LogP contribution in [-0.4, -0.2) is 65.5 Å². The van der Waals surface area contributed by atoms with Gasteiger partial charge in [0.05, 0.1) is 18.2 Å². The van der Waals surface area contributed by atoms with E-state index in [2.05, 4.69) is 10.3 Å². The molecule has 1 N–H and O–H groups in total. The number of benzene rings is 1. The molecule has 28 heavy (non-hydrogen) atoms. The van der Waals surface area contributed by atoms with Crippen LogP contribution in [0.25, 0.3) is 11.1 Å². The molecule has 1 aromatic heterocycles. The normalized spacial score (nSPS) is 20.9. The molecule has 0 bridgehead atoms. The molecule has 1 fully saturated rings. The van der Waals surface area contributed by atoms with Gasteiger partial charge in [0.1, 0.15) is 11.9 Å². The van der Waals surface area contributed by atoms with Gasteiger partial charge in [-0.3, -0.25) is 9.78 Å². The summed E-state index contributed by atoms with van der Waals surface area (Å²) in [6.07, 6.45) is 4.13. The Morgan fingerprint density at radius 1 is 1.29 bits per heavy atom. The van der Waals surface area contributed by atoms with Crippen molar-refractivity contribution in [3.05, 3.63) is 48.3 Å². The minimum Gasteiger partial charge on any atom is -0.485 e. The molecular formula is C21H24N4O3. The molecule has 0 radical (unpaired) electrons. The van der Waals surface area contributed by atoms with E-state index < -0.39 is 0 Å². The predicted octanol–water partition coefficient (Wildman–Crippen LogP) is 2.39. The van der Waals surface area contributed by atoms with Crippen molar-refractivity contribution in [3.63, 3.8) is 0 Å². The van der Waals surface area contributed by atoms with Gasteiger partial charge < -0.3 is 19.9 Å². The first-order chi connectivity index (χ1) is 13.6. The first-order valence-electron chi connectivity index (χ1n) is 9.59. The lowest BCUT2D eigenvalue weighted by atomic mass is 10.0. The fraction of sp³-hybridized carbons (Fsp3) is 0.381. The highest BCUT2D eigenvalue weighted by Crippen LogP contribution is 2.34. The SMILES string of the molecule is CCCNC(=O)N1CC2Oc3cc(-c4cccnc4)ccc3C(=O)N(C)C2C1. The molecule has 0 spiro atoms. The van der Waals surface area contributed by atoms with E-state index in [9.17, 15) is 9.59 Å². The molecule has 4 rings (SSSR count). The number of hydrogen-bond donors (Lipinski definition) is 1. The molecule has 0 saturated carbocycles. The van der Waals surface area contributed by atoms with E-state index in [1.54, 1.807) is 29.2 Å². The second-order valence-corrected chi connectivity index (χ2v) is 7.23. The highest BCUT2D eigenvalue weighted by molar-refractivity contribution is 5.98. The van der Waals surface area contributed by atoms with Crippen LogP contribution in [0.4, 0.5) is 4.79 Å². The second kappa shape index (κ2) is 7.50. The number of aromatic nitrogens is 1. The summed E-state index contributed by atoms with van der Waals surface area (Å²) in [5, 5.41) is 2.90. The molecule has 2 aliphatic heterocycles. The van der Waals surface area contributed by atoms with Gasteiger partial charge in [0, 0.05) is 38.1 Å². The quantitative estimate of drug-likeness (QED) is 0.887. The summed E-state index contributed by atoms with van der Waals surface area (Å²) in [4.78, 5) is 32.9. The number of urea groups is 1. The van der Waals surface area contributed by atoms with E-state index in [1.165, 1.54) is 0 Å². The lowest BCUT2D eigenvalue weighted by Gasteiger charge is -2.25. The smallest absolute Gasteiger partial charge is 0.317 e. The number of amides is 3. The highest BCUT2D eigenvalue weighted by Gasteiger charge is 2.43. The summed E-state index contributed by atoms with van der Waals surface area (Å²) >= 11 is 0. The van der Waals surface area contributed by atoms with Gasteiger partial charge in [-0.1, -0.05) is 19.1 Å². The molecule has 7 nitrogen and oxygen atoms in total. The molecule has 2 atom stereocenters. The third-order valence-corrected chi connectivity index (χ3v) is 5.35. The van der Waals surface area contributed by atoms with Crippen LogP contribution in [-0.2, 0) is 0 Å². The van der Waals surface area contributed by atoms with E-state index in [0.717, 1.165) is 17.5 Å². The lowest BCUT2D eigenvalue weighted by Crippen LogP contribution is -2.44. The molecule has 2 unspecified atom stereocenters. The van der Waals surface area contributed by atoms with Gasteiger partial charge >= 0.3 is 6.03 Å². The van der Waals surface area contributed by atoms with Crippen LogP contribution >= 0.6 is 0 Å². The molecule has 3 heterocycles. The molecule has 7 heteroatoms. The molecule has 3 amide bonds. The van der Waals surface area contributed by atoms with E-state index in [0.29, 0.717) is 30.9 Å². The zero-order valence-corrected chi connectivity index (χ0v) is 16.1. The van der Waals surface area contributed by atoms with Gasteiger partial charge in [0.25, 0.3) is 5.91 Å². The Labute approximate surface area is 164 Å². The van der Waals surface area contributed by atoms with Gasteiger partial charge in [0.15, 0.2) is 0 Å². The number of nitrogens with one attached hydrogen (secondary N) is 1. The van der Waals surface area contributed by atoms with Crippen LogP contribution in [0.2, 0.25) is 0 Å². The van der Waals surface area contributed by atoms with Crippen LogP contribution in [0.1, 0.15) is 23.7 Å². The maximum atomic E-state index is 13.0. The van der Waals surface area contributed by atoms with Crippen LogP contribution in [0.3, 0.4) is 0 Å². The molecular weight excluding hydrogens is 356 g/mol. The first-order valence-corrected chi connectivity index (χ1v) is 9.59. The molecule has 0 aliphatic carbocycles. The predicted molar refractivity (Wildman–Crippen MR) is 105 cm³/mol. The van der Waals surface area contributed by atoms with Crippen molar-refractivity contribution in [1.29, 1.82) is 0 Å². The van der Waals surface area contributed by atoms with Crippen LogP contribution in [0.5, 0.6) is 5.75 Å². The van der Waals surface area contributed by atoms with E-state index in [4.69, 9.17) is 4.74 Å². The van der Waals surface area contributed by atoms with Gasteiger partial charge in [0.2, 0.25) is 0 Å². The second-order valence-electron chi connectivity index (χ2n) is 7.23. The fourth-order valence-electron chi connectivity index (χ4n) is 3.77. The molecule has 2 aromatic rings. The number of hydrogen-bond acceptors (Lipinski definition) is 4. The summed E-state index contributed by atoms with van der Waals surface area (Å²) in [6, 6.07) is 9.18. The zero-order chi connectivity index (χ0) is 19.7. The lowest BCUT2D eigenvalue weighted by molar-refractivity contribution is 0.0682. The van der Waals surface area contributed by atoms with Crippen molar-refractivity contribution in [1.82, 2.24) is 20.1 Å². The summed E-state index contributed by atoms with van der Waals surface area (Å²) in [5.41, 5.74) is 2.45. The number of ether oxygens (including phenoxy) is 1. The third kappa shape index (κ3) is 3.28. The standard InChI is InChI=1S/C21H24N4O3/c1-3-8-23-21(27)25-12-17-19(13-25)28-18-10-14(15-5-4-9-22-11-15)6-7-16(18)20(26)24(17)2/h4-7,9-11,17,19H,3,8,12-13H2,1-2H3,(H,23,27). The zero-order valence-electron chi connectivity index (χ0n) is 16.1. The summed E-state index contributed by atoms with van der Waals surface area (Å²) in [5.74, 6) is 0.470. The Morgan fingerprint density at radius 3 is 2.89 bits per heavy atom. The van der Waals surface area contributed by atoms with Gasteiger partial charge in [-0.05, 0) is 30.2 Å². The number of fused-ring (bicyclic) bond motifs is 2. The fourth-order valence-corrected chi connectivity index (χ4v) is 3.77. The maximum absolute atomic E-state index is 13.0. The van der Waals surface area contributed by atoms with Crippen LogP contribution < -0.4 is 10.1 Å². The van der Waals surface area contributed by atoms with Crippen molar-refractivity contribution in [2.75, 3.05) is 26.7 Å². The average molecular weight is 380 g/mol. The number of rotatable bonds is 3. The molecule has 1 saturated heterocycles. The summed E-state index contributed by atoms with van der Waals surface area (Å²) in [6.45, 7) is 3.57.